The van der Waals surface area contributed by atoms with E-state index in [4.69, 9.17) is 4.74 Å². The lowest BCUT2D eigenvalue weighted by Gasteiger charge is -2.34. The Bertz CT molecular complexity index is 832. The maximum absolute atomic E-state index is 12.9. The molecule has 1 saturated carbocycles. The van der Waals surface area contributed by atoms with Crippen LogP contribution < -0.4 is 4.74 Å². The molecule has 8 nitrogen and oxygen atoms in total. The molecule has 2 aliphatic rings. The van der Waals surface area contributed by atoms with Gasteiger partial charge in [-0.2, -0.15) is 0 Å². The number of amides is 1. The summed E-state index contributed by atoms with van der Waals surface area (Å²) in [6.45, 7) is 1.40. The second-order valence-electron chi connectivity index (χ2n) is 7.31. The molecule has 148 valence electrons. The standard InChI is InChI=1S/C18H24N2O6S/c1-13-6-7-17(16(10-13)20(22)23)26-11-18(21)19(14-4-2-3-5-14)15-8-9-27(24,25)12-15/h6-7,10,14-15H,2-5,8-9,11-12H2,1H3/t15-/m0/s1. The first kappa shape index (κ1) is 19.6. The van der Waals surface area contributed by atoms with Crippen molar-refractivity contribution in [3.63, 3.8) is 0 Å². The zero-order valence-electron chi connectivity index (χ0n) is 15.3. The summed E-state index contributed by atoms with van der Waals surface area (Å²) in [6.07, 6.45) is 4.17. The maximum Gasteiger partial charge on any atom is 0.311 e. The summed E-state index contributed by atoms with van der Waals surface area (Å²) in [5.41, 5.74) is 0.544. The van der Waals surface area contributed by atoms with Crippen molar-refractivity contribution in [2.75, 3.05) is 18.1 Å². The molecule has 0 aromatic heterocycles. The van der Waals surface area contributed by atoms with Gasteiger partial charge in [0.05, 0.1) is 16.4 Å². The van der Waals surface area contributed by atoms with Gasteiger partial charge in [0.1, 0.15) is 0 Å². The molecular weight excluding hydrogens is 372 g/mol. The minimum Gasteiger partial charge on any atom is -0.477 e. The van der Waals surface area contributed by atoms with E-state index in [2.05, 4.69) is 0 Å². The third-order valence-corrected chi connectivity index (χ3v) is 7.02. The third-order valence-electron chi connectivity index (χ3n) is 5.27. The minimum atomic E-state index is -3.12. The third kappa shape index (κ3) is 4.58. The van der Waals surface area contributed by atoms with Crippen LogP contribution in [-0.2, 0) is 14.6 Å². The number of aryl methyl sites for hydroxylation is 1. The van der Waals surface area contributed by atoms with Crippen molar-refractivity contribution < 1.29 is 22.9 Å². The lowest BCUT2D eigenvalue weighted by atomic mass is 10.1. The highest BCUT2D eigenvalue weighted by Gasteiger charge is 2.39. The van der Waals surface area contributed by atoms with Crippen LogP contribution in [0, 0.1) is 17.0 Å². The van der Waals surface area contributed by atoms with Gasteiger partial charge in [-0.05, 0) is 37.8 Å². The van der Waals surface area contributed by atoms with Crippen molar-refractivity contribution in [1.82, 2.24) is 4.90 Å². The van der Waals surface area contributed by atoms with Crippen molar-refractivity contribution in [3.8, 4) is 5.75 Å². The Hall–Kier alpha value is -2.16. The highest BCUT2D eigenvalue weighted by molar-refractivity contribution is 7.91. The number of nitro benzene ring substituents is 1. The van der Waals surface area contributed by atoms with Gasteiger partial charge in [0.25, 0.3) is 5.91 Å². The fourth-order valence-corrected chi connectivity index (χ4v) is 5.70. The smallest absolute Gasteiger partial charge is 0.311 e. The summed E-state index contributed by atoms with van der Waals surface area (Å²) < 4.78 is 29.2. The average molecular weight is 396 g/mol. The number of benzene rings is 1. The van der Waals surface area contributed by atoms with E-state index >= 15 is 0 Å². The van der Waals surface area contributed by atoms with Crippen LogP contribution in [0.5, 0.6) is 5.75 Å². The van der Waals surface area contributed by atoms with E-state index < -0.39 is 14.8 Å². The van der Waals surface area contributed by atoms with E-state index in [0.717, 1.165) is 31.2 Å². The Kier molecular flexibility index (Phi) is 5.69. The molecule has 1 saturated heterocycles. The molecule has 1 amide bonds. The average Bonchev–Trinajstić information content (AvgIpc) is 3.24. The zero-order valence-corrected chi connectivity index (χ0v) is 16.1. The van der Waals surface area contributed by atoms with Crippen LogP contribution in [-0.4, -0.2) is 54.3 Å². The molecule has 2 fully saturated rings. The SMILES string of the molecule is Cc1ccc(OCC(=O)N(C2CCCC2)[C@H]2CCS(=O)(=O)C2)c([N+](=O)[O-])c1. The van der Waals surface area contributed by atoms with Gasteiger partial charge in [-0.25, -0.2) is 8.42 Å². The van der Waals surface area contributed by atoms with Gasteiger partial charge in [-0.1, -0.05) is 18.9 Å². The van der Waals surface area contributed by atoms with Crippen molar-refractivity contribution in [2.24, 2.45) is 0 Å². The Labute approximate surface area is 158 Å². The van der Waals surface area contributed by atoms with E-state index in [1.54, 1.807) is 17.9 Å². The topological polar surface area (TPSA) is 107 Å². The quantitative estimate of drug-likeness (QED) is 0.539. The second kappa shape index (κ2) is 7.84. The van der Waals surface area contributed by atoms with Crippen molar-refractivity contribution in [2.45, 2.75) is 51.1 Å². The number of carbonyl (C=O) groups is 1. The van der Waals surface area contributed by atoms with Gasteiger partial charge >= 0.3 is 5.69 Å². The van der Waals surface area contributed by atoms with Crippen molar-refractivity contribution in [3.05, 3.63) is 33.9 Å². The highest BCUT2D eigenvalue weighted by Crippen LogP contribution is 2.31. The van der Waals surface area contributed by atoms with Crippen LogP contribution in [0.1, 0.15) is 37.7 Å². The van der Waals surface area contributed by atoms with Gasteiger partial charge in [-0.3, -0.25) is 14.9 Å². The van der Waals surface area contributed by atoms with Gasteiger partial charge in [0, 0.05) is 18.2 Å². The van der Waals surface area contributed by atoms with E-state index in [1.165, 1.54) is 12.1 Å². The van der Waals surface area contributed by atoms with Crippen LogP contribution in [0.15, 0.2) is 18.2 Å². The van der Waals surface area contributed by atoms with Crippen LogP contribution in [0.2, 0.25) is 0 Å². The predicted octanol–water partition coefficient (Wildman–Crippen LogP) is 2.24. The van der Waals surface area contributed by atoms with Crippen LogP contribution >= 0.6 is 0 Å². The highest BCUT2D eigenvalue weighted by atomic mass is 32.2. The molecule has 9 heteroatoms. The number of hydrogen-bond acceptors (Lipinski definition) is 6. The minimum absolute atomic E-state index is 0.0140. The molecule has 1 aliphatic heterocycles. The Morgan fingerprint density at radius 1 is 1.26 bits per heavy atom. The van der Waals surface area contributed by atoms with E-state index in [1.807, 2.05) is 0 Å². The molecule has 0 unspecified atom stereocenters. The predicted molar refractivity (Wildman–Crippen MR) is 99.5 cm³/mol. The Morgan fingerprint density at radius 3 is 2.56 bits per heavy atom. The molecule has 3 rings (SSSR count). The molecule has 27 heavy (non-hydrogen) atoms. The lowest BCUT2D eigenvalue weighted by molar-refractivity contribution is -0.385. The van der Waals surface area contributed by atoms with E-state index in [0.29, 0.717) is 6.42 Å². The van der Waals surface area contributed by atoms with Crippen LogP contribution in [0.25, 0.3) is 0 Å². The summed E-state index contributed by atoms with van der Waals surface area (Å²) >= 11 is 0. The molecule has 0 bridgehead atoms. The largest absolute Gasteiger partial charge is 0.477 e. The fourth-order valence-electron chi connectivity index (χ4n) is 3.99. The molecular formula is C18H24N2O6S. The number of hydrogen-bond donors (Lipinski definition) is 0. The molecule has 1 aliphatic carbocycles. The summed E-state index contributed by atoms with van der Waals surface area (Å²) in [7, 11) is -3.12. The van der Waals surface area contributed by atoms with Gasteiger partial charge in [0.2, 0.25) is 0 Å². The van der Waals surface area contributed by atoms with Gasteiger partial charge in [0.15, 0.2) is 22.2 Å². The molecule has 0 radical (unpaired) electrons. The first-order valence-corrected chi connectivity index (χ1v) is 11.0. The van der Waals surface area contributed by atoms with Gasteiger partial charge in [-0.15, -0.1) is 0 Å². The van der Waals surface area contributed by atoms with Gasteiger partial charge < -0.3 is 9.64 Å². The molecule has 1 aromatic carbocycles. The number of rotatable bonds is 6. The normalized spacial score (nSPS) is 21.9. The molecule has 1 aromatic rings. The van der Waals surface area contributed by atoms with Crippen molar-refractivity contribution >= 4 is 21.4 Å². The molecule has 1 heterocycles. The fraction of sp³-hybridized carbons (Fsp3) is 0.611. The zero-order chi connectivity index (χ0) is 19.6. The number of ether oxygens (including phenoxy) is 1. The molecule has 0 N–H and O–H groups in total. The number of carbonyl (C=O) groups excluding carboxylic acids is 1. The summed E-state index contributed by atoms with van der Waals surface area (Å²) in [5, 5.41) is 11.2. The maximum atomic E-state index is 12.9. The lowest BCUT2D eigenvalue weighted by Crippen LogP contribution is -2.48. The van der Waals surface area contributed by atoms with Crippen LogP contribution in [0.3, 0.4) is 0 Å². The van der Waals surface area contributed by atoms with E-state index in [-0.39, 0.29) is 47.5 Å². The van der Waals surface area contributed by atoms with Crippen LogP contribution in [0.4, 0.5) is 5.69 Å². The summed E-state index contributed by atoms with van der Waals surface area (Å²) in [4.78, 5) is 25.2. The Balaban J connectivity index is 1.74. The number of nitro groups is 1. The first-order valence-electron chi connectivity index (χ1n) is 9.16. The monoisotopic (exact) mass is 396 g/mol. The molecule has 0 spiro atoms. The molecule has 1 atom stereocenters. The Morgan fingerprint density at radius 2 is 1.96 bits per heavy atom. The summed E-state index contributed by atoms with van der Waals surface area (Å²) in [6, 6.07) is 4.26. The van der Waals surface area contributed by atoms with E-state index in [9.17, 15) is 23.3 Å². The second-order valence-corrected chi connectivity index (χ2v) is 9.54. The number of nitrogens with zero attached hydrogens (tertiary/aromatic N) is 2. The first-order chi connectivity index (χ1) is 12.8. The number of sulfone groups is 1. The van der Waals surface area contributed by atoms with Crippen molar-refractivity contribution in [1.29, 1.82) is 0 Å². The summed E-state index contributed by atoms with van der Waals surface area (Å²) in [5.74, 6) is -0.179.